The third-order valence-corrected chi connectivity index (χ3v) is 3.30. The number of hydrogen-bond acceptors (Lipinski definition) is 3. The van der Waals surface area contributed by atoms with E-state index in [1.54, 1.807) is 13.0 Å². The van der Waals surface area contributed by atoms with E-state index in [9.17, 15) is 9.90 Å². The number of aromatic carboxylic acids is 1. The second kappa shape index (κ2) is 7.88. The molecular formula is C16H25NO3. The molecule has 0 spiro atoms. The van der Waals surface area contributed by atoms with Crippen LogP contribution in [-0.4, -0.2) is 22.2 Å². The molecule has 20 heavy (non-hydrogen) atoms. The average Bonchev–Trinajstić information content (AvgIpc) is 2.33. The third-order valence-electron chi connectivity index (χ3n) is 3.30. The molecule has 0 saturated heterocycles. The summed E-state index contributed by atoms with van der Waals surface area (Å²) in [4.78, 5) is 15.5. The molecule has 1 aromatic heterocycles. The zero-order valence-corrected chi connectivity index (χ0v) is 12.9. The van der Waals surface area contributed by atoms with E-state index in [4.69, 9.17) is 4.74 Å². The second-order valence-corrected chi connectivity index (χ2v) is 5.31. The smallest absolute Gasteiger partial charge is 0.341 e. The molecule has 0 saturated carbocycles. The number of nitrogens with zero attached hydrogens (tertiary/aromatic N) is 1. The topological polar surface area (TPSA) is 59.4 Å². The quantitative estimate of drug-likeness (QED) is 0.727. The molecule has 0 radical (unpaired) electrons. The van der Waals surface area contributed by atoms with Crippen LogP contribution in [0.25, 0.3) is 0 Å². The summed E-state index contributed by atoms with van der Waals surface area (Å²) < 4.78 is 5.83. The molecule has 0 fully saturated rings. The molecule has 4 heteroatoms. The van der Waals surface area contributed by atoms with Crippen molar-refractivity contribution >= 4 is 5.97 Å². The molecule has 1 heterocycles. The zero-order valence-electron chi connectivity index (χ0n) is 12.9. The summed E-state index contributed by atoms with van der Waals surface area (Å²) in [6.45, 7) is 7.72. The van der Waals surface area contributed by atoms with Crippen LogP contribution < -0.4 is 4.74 Å². The van der Waals surface area contributed by atoms with Crippen molar-refractivity contribution in [2.24, 2.45) is 0 Å². The van der Waals surface area contributed by atoms with Crippen molar-refractivity contribution in [3.05, 3.63) is 23.0 Å². The first-order valence-corrected chi connectivity index (χ1v) is 7.33. The Hall–Kier alpha value is -1.58. The molecule has 112 valence electrons. The lowest BCUT2D eigenvalue weighted by Gasteiger charge is -2.17. The van der Waals surface area contributed by atoms with Gasteiger partial charge in [0.2, 0.25) is 0 Å². The van der Waals surface area contributed by atoms with Gasteiger partial charge in [-0.25, -0.2) is 4.79 Å². The van der Waals surface area contributed by atoms with Gasteiger partial charge in [0.1, 0.15) is 11.3 Å². The van der Waals surface area contributed by atoms with Crippen molar-refractivity contribution < 1.29 is 14.6 Å². The third kappa shape index (κ3) is 4.83. The molecule has 0 aliphatic rings. The molecule has 4 nitrogen and oxygen atoms in total. The molecule has 0 aromatic carbocycles. The van der Waals surface area contributed by atoms with E-state index in [1.165, 1.54) is 19.3 Å². The molecule has 1 unspecified atom stereocenters. The van der Waals surface area contributed by atoms with Crippen LogP contribution in [0, 0.1) is 13.8 Å². The number of aromatic nitrogens is 1. The number of pyridine rings is 1. The van der Waals surface area contributed by atoms with Gasteiger partial charge in [-0.15, -0.1) is 0 Å². The average molecular weight is 279 g/mol. The predicted octanol–water partition coefficient (Wildman–Crippen LogP) is 4.13. The van der Waals surface area contributed by atoms with Crippen LogP contribution in [0.4, 0.5) is 0 Å². The Morgan fingerprint density at radius 3 is 2.65 bits per heavy atom. The van der Waals surface area contributed by atoms with Crippen molar-refractivity contribution in [1.29, 1.82) is 0 Å². The Morgan fingerprint density at radius 2 is 2.05 bits per heavy atom. The highest BCUT2D eigenvalue weighted by Gasteiger charge is 2.18. The number of ether oxygens (including phenoxy) is 1. The fraction of sp³-hybridized carbons (Fsp3) is 0.625. The van der Waals surface area contributed by atoms with E-state index in [1.807, 2.05) is 13.8 Å². The molecule has 1 rings (SSSR count). The minimum atomic E-state index is -0.983. The van der Waals surface area contributed by atoms with Crippen LogP contribution in [0.2, 0.25) is 0 Å². The molecular weight excluding hydrogens is 254 g/mol. The maximum atomic E-state index is 11.3. The summed E-state index contributed by atoms with van der Waals surface area (Å²) in [5, 5.41) is 9.28. The summed E-state index contributed by atoms with van der Waals surface area (Å²) in [5.74, 6) is -0.548. The van der Waals surface area contributed by atoms with E-state index < -0.39 is 5.97 Å². The van der Waals surface area contributed by atoms with Gasteiger partial charge in [0.05, 0.1) is 11.8 Å². The standard InChI is InChI=1S/C16H25NO3/c1-5-6-7-8-9-12(3)20-14-10-11(2)17-13(4)15(14)16(18)19/h10,12H,5-9H2,1-4H3,(H,18,19). The van der Waals surface area contributed by atoms with Crippen LogP contribution in [0.5, 0.6) is 5.75 Å². The molecule has 1 N–H and O–H groups in total. The Bertz CT molecular complexity index is 457. The van der Waals surface area contributed by atoms with Gasteiger partial charge in [0.15, 0.2) is 0 Å². The first-order chi connectivity index (χ1) is 9.45. The highest BCUT2D eigenvalue weighted by atomic mass is 16.5. The van der Waals surface area contributed by atoms with Crippen molar-refractivity contribution in [2.75, 3.05) is 0 Å². The fourth-order valence-corrected chi connectivity index (χ4v) is 2.28. The summed E-state index contributed by atoms with van der Waals surface area (Å²) >= 11 is 0. The van der Waals surface area contributed by atoms with E-state index in [0.29, 0.717) is 11.4 Å². The first-order valence-electron chi connectivity index (χ1n) is 7.33. The molecule has 1 aromatic rings. The molecule has 0 bridgehead atoms. The van der Waals surface area contributed by atoms with E-state index in [2.05, 4.69) is 11.9 Å². The van der Waals surface area contributed by atoms with Crippen molar-refractivity contribution in [3.63, 3.8) is 0 Å². The van der Waals surface area contributed by atoms with Gasteiger partial charge < -0.3 is 9.84 Å². The Kier molecular flexibility index (Phi) is 6.49. The van der Waals surface area contributed by atoms with Crippen LogP contribution in [0.1, 0.15) is 67.7 Å². The molecule has 0 amide bonds. The van der Waals surface area contributed by atoms with Crippen molar-refractivity contribution in [1.82, 2.24) is 4.98 Å². The van der Waals surface area contributed by atoms with Crippen LogP contribution in [0.3, 0.4) is 0 Å². The van der Waals surface area contributed by atoms with Gasteiger partial charge in [-0.1, -0.05) is 26.2 Å². The maximum Gasteiger partial charge on any atom is 0.341 e. The Labute approximate surface area is 121 Å². The van der Waals surface area contributed by atoms with Gasteiger partial charge in [-0.05, 0) is 33.6 Å². The number of carbonyl (C=O) groups is 1. The van der Waals surface area contributed by atoms with Gasteiger partial charge in [-0.2, -0.15) is 0 Å². The summed E-state index contributed by atoms with van der Waals surface area (Å²) in [7, 11) is 0. The van der Waals surface area contributed by atoms with Crippen LogP contribution >= 0.6 is 0 Å². The van der Waals surface area contributed by atoms with E-state index in [0.717, 1.165) is 18.5 Å². The van der Waals surface area contributed by atoms with E-state index in [-0.39, 0.29) is 11.7 Å². The van der Waals surface area contributed by atoms with Crippen molar-refractivity contribution in [2.45, 2.75) is 65.9 Å². The van der Waals surface area contributed by atoms with E-state index >= 15 is 0 Å². The first kappa shape index (κ1) is 16.5. The van der Waals surface area contributed by atoms with Gasteiger partial charge in [-0.3, -0.25) is 4.98 Å². The molecule has 0 aliphatic heterocycles. The number of unbranched alkanes of at least 4 members (excludes halogenated alkanes) is 3. The number of hydrogen-bond donors (Lipinski definition) is 1. The number of carboxylic acid groups (broad SMARTS) is 1. The zero-order chi connectivity index (χ0) is 15.1. The predicted molar refractivity (Wildman–Crippen MR) is 79.5 cm³/mol. The normalized spacial score (nSPS) is 12.2. The highest BCUT2D eigenvalue weighted by molar-refractivity contribution is 5.92. The SMILES string of the molecule is CCCCCCC(C)Oc1cc(C)nc(C)c1C(=O)O. The minimum Gasteiger partial charge on any atom is -0.490 e. The number of aryl methyl sites for hydroxylation is 2. The lowest BCUT2D eigenvalue weighted by molar-refractivity contribution is 0.0688. The maximum absolute atomic E-state index is 11.3. The minimum absolute atomic E-state index is 0.0196. The van der Waals surface area contributed by atoms with Crippen LogP contribution in [-0.2, 0) is 0 Å². The molecule has 0 aliphatic carbocycles. The lowest BCUT2D eigenvalue weighted by atomic mass is 10.1. The largest absolute Gasteiger partial charge is 0.490 e. The Morgan fingerprint density at radius 1 is 1.35 bits per heavy atom. The summed E-state index contributed by atoms with van der Waals surface area (Å²) in [5.41, 5.74) is 1.46. The van der Waals surface area contributed by atoms with Gasteiger partial charge >= 0.3 is 5.97 Å². The molecule has 1 atom stereocenters. The number of carboxylic acids is 1. The highest BCUT2D eigenvalue weighted by Crippen LogP contribution is 2.24. The van der Waals surface area contributed by atoms with Crippen molar-refractivity contribution in [3.8, 4) is 5.75 Å². The second-order valence-electron chi connectivity index (χ2n) is 5.31. The van der Waals surface area contributed by atoms with Gasteiger partial charge in [0, 0.05) is 11.8 Å². The fourth-order valence-electron chi connectivity index (χ4n) is 2.28. The van der Waals surface area contributed by atoms with Gasteiger partial charge in [0.25, 0.3) is 0 Å². The summed E-state index contributed by atoms with van der Waals surface area (Å²) in [6, 6.07) is 1.71. The lowest BCUT2D eigenvalue weighted by Crippen LogP contribution is -2.15. The van der Waals surface area contributed by atoms with Crippen LogP contribution in [0.15, 0.2) is 6.07 Å². The Balaban J connectivity index is 2.73. The number of rotatable bonds is 8. The monoisotopic (exact) mass is 279 g/mol. The summed E-state index contributed by atoms with van der Waals surface area (Å²) in [6.07, 6.45) is 5.72.